The SMILES string of the molecule is COc1ccccc1Sc1cccc(C)c1N. The number of hydrogen-bond donors (Lipinski definition) is 1. The molecule has 2 rings (SSSR count). The third-order valence-electron chi connectivity index (χ3n) is 2.57. The Balaban J connectivity index is 2.35. The molecule has 0 radical (unpaired) electrons. The number of ether oxygens (including phenoxy) is 1. The molecule has 2 N–H and O–H groups in total. The maximum Gasteiger partial charge on any atom is 0.132 e. The van der Waals surface area contributed by atoms with E-state index in [2.05, 4.69) is 0 Å². The average Bonchev–Trinajstić information content (AvgIpc) is 2.35. The predicted molar refractivity (Wildman–Crippen MR) is 72.7 cm³/mol. The third-order valence-corrected chi connectivity index (χ3v) is 3.71. The van der Waals surface area contributed by atoms with Crippen molar-refractivity contribution in [3.8, 4) is 5.75 Å². The van der Waals surface area contributed by atoms with Crippen LogP contribution in [0.1, 0.15) is 5.56 Å². The van der Waals surface area contributed by atoms with Crippen LogP contribution in [0.15, 0.2) is 52.3 Å². The Morgan fingerprint density at radius 1 is 1.00 bits per heavy atom. The highest BCUT2D eigenvalue weighted by atomic mass is 32.2. The lowest BCUT2D eigenvalue weighted by Gasteiger charge is -2.10. The minimum absolute atomic E-state index is 0.836. The monoisotopic (exact) mass is 245 g/mol. The first-order valence-electron chi connectivity index (χ1n) is 5.38. The molecule has 3 heteroatoms. The van der Waals surface area contributed by atoms with E-state index in [9.17, 15) is 0 Å². The molecular formula is C14H15NOS. The van der Waals surface area contributed by atoms with Crippen LogP contribution in [-0.4, -0.2) is 7.11 Å². The smallest absolute Gasteiger partial charge is 0.132 e. The van der Waals surface area contributed by atoms with Crippen LogP contribution in [0.25, 0.3) is 0 Å². The van der Waals surface area contributed by atoms with Crippen LogP contribution in [0.5, 0.6) is 5.75 Å². The summed E-state index contributed by atoms with van der Waals surface area (Å²) in [5.74, 6) is 0.874. The van der Waals surface area contributed by atoms with E-state index in [1.165, 1.54) is 0 Å². The van der Waals surface area contributed by atoms with E-state index in [0.717, 1.165) is 26.8 Å². The Labute approximate surface area is 106 Å². The number of benzene rings is 2. The standard InChI is InChI=1S/C14H15NOS/c1-10-6-5-9-13(14(10)15)17-12-8-4-3-7-11(12)16-2/h3-9H,15H2,1-2H3. The van der Waals surface area contributed by atoms with Crippen LogP contribution in [0, 0.1) is 6.92 Å². The minimum atomic E-state index is 0.836. The fraction of sp³-hybridized carbons (Fsp3) is 0.143. The van der Waals surface area contributed by atoms with Crippen LogP contribution in [0.4, 0.5) is 5.69 Å². The molecule has 2 nitrogen and oxygen atoms in total. The maximum atomic E-state index is 6.06. The molecule has 0 aliphatic rings. The Hall–Kier alpha value is -1.61. The number of hydrogen-bond acceptors (Lipinski definition) is 3. The number of nitrogen functional groups attached to an aromatic ring is 1. The average molecular weight is 245 g/mol. The van der Waals surface area contributed by atoms with Crippen molar-refractivity contribution in [1.82, 2.24) is 0 Å². The fourth-order valence-electron chi connectivity index (χ4n) is 1.56. The van der Waals surface area contributed by atoms with Crippen molar-refractivity contribution in [3.63, 3.8) is 0 Å². The van der Waals surface area contributed by atoms with Gasteiger partial charge >= 0.3 is 0 Å². The van der Waals surface area contributed by atoms with E-state index in [-0.39, 0.29) is 0 Å². The Bertz CT molecular complexity index is 525. The molecular weight excluding hydrogens is 230 g/mol. The predicted octanol–water partition coefficient (Wildman–Crippen LogP) is 3.74. The van der Waals surface area contributed by atoms with Gasteiger partial charge in [0.1, 0.15) is 5.75 Å². The maximum absolute atomic E-state index is 6.06. The van der Waals surface area contributed by atoms with Gasteiger partial charge in [0.25, 0.3) is 0 Å². The number of methoxy groups -OCH3 is 1. The second-order valence-corrected chi connectivity index (χ2v) is 4.82. The molecule has 0 bridgehead atoms. The Morgan fingerprint density at radius 3 is 2.47 bits per heavy atom. The molecule has 0 aliphatic heterocycles. The van der Waals surface area contributed by atoms with E-state index in [4.69, 9.17) is 10.5 Å². The van der Waals surface area contributed by atoms with Crippen LogP contribution >= 0.6 is 11.8 Å². The molecule has 0 fully saturated rings. The van der Waals surface area contributed by atoms with Gasteiger partial charge in [0.2, 0.25) is 0 Å². The lowest BCUT2D eigenvalue weighted by atomic mass is 10.2. The van der Waals surface area contributed by atoms with Crippen LogP contribution in [0.2, 0.25) is 0 Å². The quantitative estimate of drug-likeness (QED) is 0.837. The van der Waals surface area contributed by atoms with Gasteiger partial charge in [0.15, 0.2) is 0 Å². The van der Waals surface area contributed by atoms with Gasteiger partial charge in [-0.1, -0.05) is 36.0 Å². The van der Waals surface area contributed by atoms with Gasteiger partial charge in [0, 0.05) is 10.6 Å². The number of para-hydroxylation sites is 2. The minimum Gasteiger partial charge on any atom is -0.496 e. The zero-order valence-electron chi connectivity index (χ0n) is 9.94. The van der Waals surface area contributed by atoms with Crippen molar-refractivity contribution in [2.75, 3.05) is 12.8 Å². The summed E-state index contributed by atoms with van der Waals surface area (Å²) in [6.45, 7) is 2.02. The van der Waals surface area contributed by atoms with E-state index in [1.807, 2.05) is 49.4 Å². The van der Waals surface area contributed by atoms with Gasteiger partial charge in [-0.3, -0.25) is 0 Å². The van der Waals surface area contributed by atoms with Crippen molar-refractivity contribution in [3.05, 3.63) is 48.0 Å². The molecule has 0 amide bonds. The molecule has 0 spiro atoms. The van der Waals surface area contributed by atoms with E-state index < -0.39 is 0 Å². The van der Waals surface area contributed by atoms with Gasteiger partial charge in [-0.15, -0.1) is 0 Å². The fourth-order valence-corrected chi connectivity index (χ4v) is 2.62. The summed E-state index contributed by atoms with van der Waals surface area (Å²) < 4.78 is 5.33. The molecule has 17 heavy (non-hydrogen) atoms. The number of nitrogens with two attached hydrogens (primary N) is 1. The lowest BCUT2D eigenvalue weighted by molar-refractivity contribution is 0.405. The Morgan fingerprint density at radius 2 is 1.71 bits per heavy atom. The molecule has 0 aliphatic carbocycles. The zero-order valence-corrected chi connectivity index (χ0v) is 10.8. The van der Waals surface area contributed by atoms with Crippen molar-refractivity contribution < 1.29 is 4.74 Å². The first-order chi connectivity index (χ1) is 8.22. The Kier molecular flexibility index (Phi) is 3.59. The zero-order chi connectivity index (χ0) is 12.3. The summed E-state index contributed by atoms with van der Waals surface area (Å²) >= 11 is 1.63. The molecule has 0 atom stereocenters. The summed E-state index contributed by atoms with van der Waals surface area (Å²) in [5.41, 5.74) is 8.00. The first-order valence-corrected chi connectivity index (χ1v) is 6.20. The molecule has 0 unspecified atom stereocenters. The van der Waals surface area contributed by atoms with Gasteiger partial charge in [-0.05, 0) is 30.7 Å². The summed E-state index contributed by atoms with van der Waals surface area (Å²) in [6.07, 6.45) is 0. The summed E-state index contributed by atoms with van der Waals surface area (Å²) in [5, 5.41) is 0. The number of aryl methyl sites for hydroxylation is 1. The number of rotatable bonds is 3. The van der Waals surface area contributed by atoms with Crippen LogP contribution < -0.4 is 10.5 Å². The van der Waals surface area contributed by atoms with Gasteiger partial charge in [0.05, 0.1) is 12.0 Å². The molecule has 0 saturated carbocycles. The lowest BCUT2D eigenvalue weighted by Crippen LogP contribution is -1.92. The highest BCUT2D eigenvalue weighted by Crippen LogP contribution is 2.38. The molecule has 2 aromatic rings. The molecule has 2 aromatic carbocycles. The highest BCUT2D eigenvalue weighted by Gasteiger charge is 2.07. The normalized spacial score (nSPS) is 10.2. The summed E-state index contributed by atoms with van der Waals surface area (Å²) in [7, 11) is 1.68. The topological polar surface area (TPSA) is 35.2 Å². The van der Waals surface area contributed by atoms with Gasteiger partial charge in [-0.25, -0.2) is 0 Å². The van der Waals surface area contributed by atoms with Crippen molar-refractivity contribution in [1.29, 1.82) is 0 Å². The van der Waals surface area contributed by atoms with Crippen molar-refractivity contribution in [2.24, 2.45) is 0 Å². The third kappa shape index (κ3) is 2.56. The second-order valence-electron chi connectivity index (χ2n) is 3.74. The largest absolute Gasteiger partial charge is 0.496 e. The van der Waals surface area contributed by atoms with E-state index in [1.54, 1.807) is 18.9 Å². The first kappa shape index (κ1) is 11.9. The van der Waals surface area contributed by atoms with Crippen LogP contribution in [0.3, 0.4) is 0 Å². The molecule has 0 heterocycles. The van der Waals surface area contributed by atoms with Crippen molar-refractivity contribution in [2.45, 2.75) is 16.7 Å². The highest BCUT2D eigenvalue weighted by molar-refractivity contribution is 7.99. The summed E-state index contributed by atoms with van der Waals surface area (Å²) in [6, 6.07) is 14.0. The van der Waals surface area contributed by atoms with E-state index in [0.29, 0.717) is 0 Å². The number of anilines is 1. The molecule has 0 saturated heterocycles. The molecule has 88 valence electrons. The van der Waals surface area contributed by atoms with Crippen molar-refractivity contribution >= 4 is 17.4 Å². The van der Waals surface area contributed by atoms with E-state index >= 15 is 0 Å². The summed E-state index contributed by atoms with van der Waals surface area (Å²) in [4.78, 5) is 2.14. The van der Waals surface area contributed by atoms with Gasteiger partial charge < -0.3 is 10.5 Å². The second kappa shape index (κ2) is 5.15. The van der Waals surface area contributed by atoms with Crippen LogP contribution in [-0.2, 0) is 0 Å². The molecule has 0 aromatic heterocycles. The van der Waals surface area contributed by atoms with Gasteiger partial charge in [-0.2, -0.15) is 0 Å².